The zero-order valence-corrected chi connectivity index (χ0v) is 11.7. The fraction of sp³-hybridized carbons (Fsp3) is 0.533. The van der Waals surface area contributed by atoms with Crippen LogP contribution in [0.5, 0.6) is 5.75 Å². The van der Waals surface area contributed by atoms with Gasteiger partial charge in [-0.25, -0.2) is 0 Å². The van der Waals surface area contributed by atoms with E-state index in [1.54, 1.807) is 4.90 Å². The molecule has 0 radical (unpaired) electrons. The average Bonchev–Trinajstić information content (AvgIpc) is 2.48. The van der Waals surface area contributed by atoms with Gasteiger partial charge in [-0.15, -0.1) is 0 Å². The van der Waals surface area contributed by atoms with Crippen LogP contribution in [0.4, 0.5) is 0 Å². The highest BCUT2D eigenvalue weighted by molar-refractivity contribution is 5.50. The van der Waals surface area contributed by atoms with Crippen LogP contribution in [0.15, 0.2) is 24.3 Å². The quantitative estimate of drug-likeness (QED) is 0.714. The monoisotopic (exact) mass is 249 g/mol. The van der Waals surface area contributed by atoms with Crippen LogP contribution in [0.2, 0.25) is 0 Å². The molecule has 1 aliphatic heterocycles. The first-order valence-electron chi connectivity index (χ1n) is 6.60. The Hall–Kier alpha value is -1.51. The third-order valence-corrected chi connectivity index (χ3v) is 2.80. The number of hydrogen-bond donors (Lipinski definition) is 0. The Balaban J connectivity index is 0.000000492. The first kappa shape index (κ1) is 14.6. The standard InChI is InChI=1S/C12H15NO2.C3H8/c1-9-7-13(8-14)10(2)11-5-3-4-6-12(11)15-9;1-3-2/h3-6,8-10H,7H2,1-2H3;3H2,1-2H3/t9-,10-;/m0./s1. The molecule has 0 bridgehead atoms. The lowest BCUT2D eigenvalue weighted by Gasteiger charge is -2.23. The molecule has 0 saturated heterocycles. The van der Waals surface area contributed by atoms with Crippen molar-refractivity contribution < 1.29 is 9.53 Å². The lowest BCUT2D eigenvalue weighted by molar-refractivity contribution is -0.120. The molecule has 1 amide bonds. The van der Waals surface area contributed by atoms with Gasteiger partial charge in [0.25, 0.3) is 0 Å². The Morgan fingerprint density at radius 2 is 1.94 bits per heavy atom. The van der Waals surface area contributed by atoms with Gasteiger partial charge in [-0.3, -0.25) is 4.79 Å². The maximum absolute atomic E-state index is 10.9. The summed E-state index contributed by atoms with van der Waals surface area (Å²) in [6.45, 7) is 8.89. The van der Waals surface area contributed by atoms with Crippen LogP contribution in [-0.4, -0.2) is 24.0 Å². The molecule has 0 N–H and O–H groups in total. The molecule has 0 spiro atoms. The number of para-hydroxylation sites is 1. The molecule has 1 heterocycles. The molecule has 1 aromatic carbocycles. The molecule has 0 unspecified atom stereocenters. The van der Waals surface area contributed by atoms with Gasteiger partial charge >= 0.3 is 0 Å². The summed E-state index contributed by atoms with van der Waals surface area (Å²) in [4.78, 5) is 12.7. The Bertz CT molecular complexity index is 379. The van der Waals surface area contributed by atoms with Crippen LogP contribution in [0, 0.1) is 0 Å². The number of carbonyl (C=O) groups excluding carboxylic acids is 1. The van der Waals surface area contributed by atoms with E-state index < -0.39 is 0 Å². The third-order valence-electron chi connectivity index (χ3n) is 2.80. The normalized spacial score (nSPS) is 21.9. The van der Waals surface area contributed by atoms with Crippen molar-refractivity contribution in [1.82, 2.24) is 4.90 Å². The summed E-state index contributed by atoms with van der Waals surface area (Å²) in [5, 5.41) is 0. The molecule has 3 heteroatoms. The van der Waals surface area contributed by atoms with Crippen molar-refractivity contribution in [3.63, 3.8) is 0 Å². The van der Waals surface area contributed by atoms with E-state index in [9.17, 15) is 4.79 Å². The second kappa shape index (κ2) is 7.04. The van der Waals surface area contributed by atoms with E-state index in [2.05, 4.69) is 13.8 Å². The first-order chi connectivity index (χ1) is 8.63. The van der Waals surface area contributed by atoms with Crippen molar-refractivity contribution in [3.05, 3.63) is 29.8 Å². The van der Waals surface area contributed by atoms with Gasteiger partial charge < -0.3 is 9.64 Å². The van der Waals surface area contributed by atoms with E-state index >= 15 is 0 Å². The number of ether oxygens (including phenoxy) is 1. The molecule has 1 aliphatic rings. The summed E-state index contributed by atoms with van der Waals surface area (Å²) in [6.07, 6.45) is 2.19. The predicted octanol–water partition coefficient (Wildman–Crippen LogP) is 3.40. The number of rotatable bonds is 1. The Kier molecular flexibility index (Phi) is 5.69. The van der Waals surface area contributed by atoms with Crippen molar-refractivity contribution in [2.45, 2.75) is 46.3 Å². The number of carbonyl (C=O) groups is 1. The van der Waals surface area contributed by atoms with Crippen molar-refractivity contribution in [2.24, 2.45) is 0 Å². The molecule has 2 rings (SSSR count). The zero-order chi connectivity index (χ0) is 13.5. The summed E-state index contributed by atoms with van der Waals surface area (Å²) in [7, 11) is 0. The van der Waals surface area contributed by atoms with E-state index in [-0.39, 0.29) is 12.1 Å². The first-order valence-corrected chi connectivity index (χ1v) is 6.60. The maximum atomic E-state index is 10.9. The number of hydrogen-bond acceptors (Lipinski definition) is 2. The van der Waals surface area contributed by atoms with E-state index in [4.69, 9.17) is 4.74 Å². The Labute approximate surface area is 110 Å². The molecular weight excluding hydrogens is 226 g/mol. The van der Waals surface area contributed by atoms with Crippen LogP contribution in [0.25, 0.3) is 0 Å². The Morgan fingerprint density at radius 1 is 1.33 bits per heavy atom. The van der Waals surface area contributed by atoms with Gasteiger partial charge in [0.2, 0.25) is 6.41 Å². The van der Waals surface area contributed by atoms with Crippen LogP contribution in [-0.2, 0) is 4.79 Å². The van der Waals surface area contributed by atoms with E-state index in [0.29, 0.717) is 6.54 Å². The lowest BCUT2D eigenvalue weighted by atomic mass is 10.1. The zero-order valence-electron chi connectivity index (χ0n) is 11.7. The minimum atomic E-state index is 0.0429. The second-order valence-corrected chi connectivity index (χ2v) is 4.65. The van der Waals surface area contributed by atoms with Gasteiger partial charge in [0.15, 0.2) is 0 Å². The molecule has 1 aromatic rings. The van der Waals surface area contributed by atoms with Gasteiger partial charge in [-0.05, 0) is 19.9 Å². The van der Waals surface area contributed by atoms with Gasteiger partial charge in [-0.2, -0.15) is 0 Å². The summed E-state index contributed by atoms with van der Waals surface area (Å²) in [5.41, 5.74) is 1.08. The highest BCUT2D eigenvalue weighted by Gasteiger charge is 2.24. The van der Waals surface area contributed by atoms with Crippen LogP contribution < -0.4 is 4.74 Å². The molecule has 3 nitrogen and oxygen atoms in total. The topological polar surface area (TPSA) is 29.5 Å². The molecular formula is C15H23NO2. The number of benzene rings is 1. The molecule has 100 valence electrons. The van der Waals surface area contributed by atoms with Crippen molar-refractivity contribution >= 4 is 6.41 Å². The van der Waals surface area contributed by atoms with Crippen LogP contribution in [0.1, 0.15) is 45.7 Å². The fourth-order valence-corrected chi connectivity index (χ4v) is 1.95. The number of amides is 1. The highest BCUT2D eigenvalue weighted by Crippen LogP contribution is 2.31. The summed E-state index contributed by atoms with van der Waals surface area (Å²) >= 11 is 0. The SMILES string of the molecule is CCC.C[C@H]1CN(C=O)[C@@H](C)c2ccccc2O1. The molecule has 0 saturated carbocycles. The second-order valence-electron chi connectivity index (χ2n) is 4.65. The summed E-state index contributed by atoms with van der Waals surface area (Å²) in [5.74, 6) is 0.891. The smallest absolute Gasteiger partial charge is 0.210 e. The number of fused-ring (bicyclic) bond motifs is 1. The van der Waals surface area contributed by atoms with Crippen molar-refractivity contribution in [1.29, 1.82) is 0 Å². The van der Waals surface area contributed by atoms with Crippen molar-refractivity contribution in [3.8, 4) is 5.75 Å². The van der Waals surface area contributed by atoms with Crippen molar-refractivity contribution in [2.75, 3.05) is 6.54 Å². The van der Waals surface area contributed by atoms with Gasteiger partial charge in [0.1, 0.15) is 11.9 Å². The molecule has 0 aromatic heterocycles. The maximum Gasteiger partial charge on any atom is 0.210 e. The fourth-order valence-electron chi connectivity index (χ4n) is 1.95. The average molecular weight is 249 g/mol. The van der Waals surface area contributed by atoms with E-state index in [1.165, 1.54) is 6.42 Å². The predicted molar refractivity (Wildman–Crippen MR) is 73.7 cm³/mol. The summed E-state index contributed by atoms with van der Waals surface area (Å²) < 4.78 is 5.76. The molecule has 0 fully saturated rings. The highest BCUT2D eigenvalue weighted by atomic mass is 16.5. The lowest BCUT2D eigenvalue weighted by Crippen LogP contribution is -2.31. The van der Waals surface area contributed by atoms with Crippen LogP contribution >= 0.6 is 0 Å². The van der Waals surface area contributed by atoms with Gasteiger partial charge in [-0.1, -0.05) is 38.5 Å². The molecule has 2 atom stereocenters. The number of nitrogens with zero attached hydrogens (tertiary/aromatic N) is 1. The largest absolute Gasteiger partial charge is 0.489 e. The van der Waals surface area contributed by atoms with Gasteiger partial charge in [0.05, 0.1) is 12.6 Å². The Morgan fingerprint density at radius 3 is 2.56 bits per heavy atom. The van der Waals surface area contributed by atoms with Gasteiger partial charge in [0, 0.05) is 5.56 Å². The van der Waals surface area contributed by atoms with E-state index in [0.717, 1.165) is 17.7 Å². The molecule has 0 aliphatic carbocycles. The molecule has 18 heavy (non-hydrogen) atoms. The minimum Gasteiger partial charge on any atom is -0.489 e. The van der Waals surface area contributed by atoms with E-state index in [1.807, 2.05) is 38.1 Å². The minimum absolute atomic E-state index is 0.0429. The van der Waals surface area contributed by atoms with Crippen LogP contribution in [0.3, 0.4) is 0 Å². The summed E-state index contributed by atoms with van der Waals surface area (Å²) in [6, 6.07) is 7.97. The third kappa shape index (κ3) is 3.49.